The van der Waals surface area contributed by atoms with Crippen molar-refractivity contribution >= 4 is 23.3 Å². The van der Waals surface area contributed by atoms with Crippen LogP contribution in [0.4, 0.5) is 10.5 Å². The highest BCUT2D eigenvalue weighted by molar-refractivity contribution is 6.30. The number of hydrogen-bond acceptors (Lipinski definition) is 4. The highest BCUT2D eigenvalue weighted by Gasteiger charge is 2.28. The Balaban J connectivity index is 1.55. The molecule has 1 unspecified atom stereocenters. The van der Waals surface area contributed by atoms with Crippen molar-refractivity contribution in [1.82, 2.24) is 9.88 Å². The van der Waals surface area contributed by atoms with Crippen molar-refractivity contribution in [2.75, 3.05) is 18.4 Å². The molecule has 1 aliphatic heterocycles. The van der Waals surface area contributed by atoms with Gasteiger partial charge in [0.25, 0.3) is 0 Å². The van der Waals surface area contributed by atoms with E-state index in [2.05, 4.69) is 10.3 Å². The number of nitrogens with zero attached hydrogens (tertiary/aromatic N) is 3. The van der Waals surface area contributed by atoms with Gasteiger partial charge in [-0.05, 0) is 30.3 Å². The fraction of sp³-hybridized carbons (Fsp3) is 0.235. The monoisotopic (exact) mass is 342 g/mol. The molecule has 2 amide bonds. The fourth-order valence-corrected chi connectivity index (χ4v) is 2.58. The van der Waals surface area contributed by atoms with E-state index in [1.165, 1.54) is 6.20 Å². The lowest BCUT2D eigenvalue weighted by Gasteiger charge is -2.17. The van der Waals surface area contributed by atoms with Crippen molar-refractivity contribution in [1.29, 1.82) is 5.26 Å². The Morgan fingerprint density at radius 2 is 2.17 bits per heavy atom. The Bertz CT molecular complexity index is 773. The van der Waals surface area contributed by atoms with Crippen molar-refractivity contribution in [3.63, 3.8) is 0 Å². The Hall–Kier alpha value is -2.78. The molecule has 1 N–H and O–H groups in total. The Morgan fingerprint density at radius 3 is 2.92 bits per heavy atom. The molecule has 0 bridgehead atoms. The van der Waals surface area contributed by atoms with Gasteiger partial charge in [-0.25, -0.2) is 9.78 Å². The van der Waals surface area contributed by atoms with E-state index >= 15 is 0 Å². The van der Waals surface area contributed by atoms with Gasteiger partial charge in [-0.2, -0.15) is 5.26 Å². The number of amides is 2. The molecule has 1 aromatic carbocycles. The summed E-state index contributed by atoms with van der Waals surface area (Å²) in [6.45, 7) is 1.07. The van der Waals surface area contributed by atoms with Gasteiger partial charge < -0.3 is 15.0 Å². The van der Waals surface area contributed by atoms with Gasteiger partial charge in [-0.15, -0.1) is 0 Å². The van der Waals surface area contributed by atoms with Gasteiger partial charge in [0.1, 0.15) is 6.10 Å². The van der Waals surface area contributed by atoms with E-state index in [1.807, 2.05) is 6.07 Å². The molecule has 0 radical (unpaired) electrons. The molecule has 1 atom stereocenters. The smallest absolute Gasteiger partial charge is 0.321 e. The normalized spacial score (nSPS) is 16.5. The molecule has 0 aliphatic carbocycles. The maximum Gasteiger partial charge on any atom is 0.321 e. The summed E-state index contributed by atoms with van der Waals surface area (Å²) in [5.41, 5.74) is 1.19. The number of ether oxygens (including phenoxy) is 1. The molecule has 1 saturated heterocycles. The number of urea groups is 1. The van der Waals surface area contributed by atoms with E-state index in [-0.39, 0.29) is 12.1 Å². The summed E-state index contributed by atoms with van der Waals surface area (Å²) in [5, 5.41) is 12.3. The first-order chi connectivity index (χ1) is 11.6. The van der Waals surface area contributed by atoms with Crippen molar-refractivity contribution in [2.45, 2.75) is 12.5 Å². The summed E-state index contributed by atoms with van der Waals surface area (Å²) in [7, 11) is 0. The summed E-state index contributed by atoms with van der Waals surface area (Å²) < 4.78 is 5.76. The van der Waals surface area contributed by atoms with Crippen LogP contribution in [0, 0.1) is 11.3 Å². The molecule has 3 rings (SSSR count). The third-order valence-electron chi connectivity index (χ3n) is 3.68. The molecule has 7 heteroatoms. The van der Waals surface area contributed by atoms with Gasteiger partial charge in [0.05, 0.1) is 18.2 Å². The highest BCUT2D eigenvalue weighted by atomic mass is 35.5. The van der Waals surface area contributed by atoms with E-state index in [0.29, 0.717) is 41.7 Å². The number of pyridine rings is 1. The second-order valence-electron chi connectivity index (χ2n) is 5.41. The Kier molecular flexibility index (Phi) is 4.82. The van der Waals surface area contributed by atoms with Crippen LogP contribution >= 0.6 is 11.6 Å². The van der Waals surface area contributed by atoms with Gasteiger partial charge in [-0.1, -0.05) is 11.6 Å². The van der Waals surface area contributed by atoms with Crippen molar-refractivity contribution in [3.8, 4) is 11.9 Å². The third kappa shape index (κ3) is 3.94. The molecular formula is C17H15ClN4O2. The zero-order valence-corrected chi connectivity index (χ0v) is 13.5. The van der Waals surface area contributed by atoms with Gasteiger partial charge >= 0.3 is 6.03 Å². The number of nitriles is 1. The highest BCUT2D eigenvalue weighted by Crippen LogP contribution is 2.19. The molecule has 122 valence electrons. The molecule has 2 aromatic rings. The van der Waals surface area contributed by atoms with E-state index in [9.17, 15) is 4.79 Å². The number of benzene rings is 1. The Labute approximate surface area is 144 Å². The minimum absolute atomic E-state index is 0.137. The average Bonchev–Trinajstić information content (AvgIpc) is 3.06. The third-order valence-corrected chi connectivity index (χ3v) is 3.93. The topological polar surface area (TPSA) is 78.2 Å². The summed E-state index contributed by atoms with van der Waals surface area (Å²) in [6, 6.07) is 12.0. The number of likely N-dealkylation sites (tertiary alicyclic amines) is 1. The molecule has 2 heterocycles. The number of nitrogens with one attached hydrogen (secondary N) is 1. The molecule has 1 aromatic heterocycles. The van der Waals surface area contributed by atoms with Gasteiger partial charge in [0.2, 0.25) is 5.88 Å². The second kappa shape index (κ2) is 7.20. The number of carbonyl (C=O) groups is 1. The standard InChI is InChI=1S/C17H15ClN4O2/c18-13-1-3-14(4-2-13)21-17(23)22-8-6-15(11-22)24-16-9-12(10-19)5-7-20-16/h1-5,7,9,15H,6,8,11H2,(H,21,23). The van der Waals surface area contributed by atoms with Crippen LogP contribution < -0.4 is 10.1 Å². The van der Waals surface area contributed by atoms with Crippen molar-refractivity contribution in [2.24, 2.45) is 0 Å². The number of aromatic nitrogens is 1. The van der Waals surface area contributed by atoms with E-state index in [4.69, 9.17) is 21.6 Å². The second-order valence-corrected chi connectivity index (χ2v) is 5.84. The largest absolute Gasteiger partial charge is 0.472 e. The molecule has 6 nitrogen and oxygen atoms in total. The van der Waals surface area contributed by atoms with Crippen molar-refractivity contribution < 1.29 is 9.53 Å². The van der Waals surface area contributed by atoms with Crippen LogP contribution in [0.15, 0.2) is 42.6 Å². The number of rotatable bonds is 3. The average molecular weight is 343 g/mol. The van der Waals surface area contributed by atoms with Crippen molar-refractivity contribution in [3.05, 3.63) is 53.2 Å². The van der Waals surface area contributed by atoms with Crippen LogP contribution in [0.3, 0.4) is 0 Å². The first-order valence-corrected chi connectivity index (χ1v) is 7.86. The number of hydrogen-bond donors (Lipinski definition) is 1. The summed E-state index contributed by atoms with van der Waals surface area (Å²) in [6.07, 6.45) is 2.11. The Morgan fingerprint density at radius 1 is 1.38 bits per heavy atom. The number of anilines is 1. The number of halogens is 1. The van der Waals surface area contributed by atoms with Crippen LogP contribution in [0.5, 0.6) is 5.88 Å². The van der Waals surface area contributed by atoms with Crippen LogP contribution in [-0.4, -0.2) is 35.1 Å². The van der Waals surface area contributed by atoms with Gasteiger partial charge in [0, 0.05) is 35.9 Å². The van der Waals surface area contributed by atoms with Crippen LogP contribution in [0.1, 0.15) is 12.0 Å². The molecular weight excluding hydrogens is 328 g/mol. The van der Waals surface area contributed by atoms with Crippen LogP contribution in [0.25, 0.3) is 0 Å². The van der Waals surface area contributed by atoms with Crippen LogP contribution in [-0.2, 0) is 0 Å². The maximum absolute atomic E-state index is 12.3. The quantitative estimate of drug-likeness (QED) is 0.928. The predicted molar refractivity (Wildman–Crippen MR) is 90.0 cm³/mol. The molecule has 24 heavy (non-hydrogen) atoms. The first kappa shape index (κ1) is 16.1. The van der Waals surface area contributed by atoms with Gasteiger partial charge in [0.15, 0.2) is 0 Å². The SMILES string of the molecule is N#Cc1ccnc(OC2CCN(C(=O)Nc3ccc(Cl)cc3)C2)c1. The fourth-order valence-electron chi connectivity index (χ4n) is 2.46. The van der Waals surface area contributed by atoms with Crippen LogP contribution in [0.2, 0.25) is 5.02 Å². The van der Waals surface area contributed by atoms with E-state index in [1.54, 1.807) is 41.3 Å². The zero-order chi connectivity index (χ0) is 16.9. The summed E-state index contributed by atoms with van der Waals surface area (Å²) in [5.74, 6) is 0.402. The van der Waals surface area contributed by atoms with E-state index < -0.39 is 0 Å². The summed E-state index contributed by atoms with van der Waals surface area (Å²) in [4.78, 5) is 18.0. The summed E-state index contributed by atoms with van der Waals surface area (Å²) >= 11 is 5.83. The first-order valence-electron chi connectivity index (χ1n) is 7.48. The van der Waals surface area contributed by atoms with Gasteiger partial charge in [-0.3, -0.25) is 0 Å². The minimum Gasteiger partial charge on any atom is -0.472 e. The predicted octanol–water partition coefficient (Wildman–Crippen LogP) is 3.29. The molecule has 0 spiro atoms. The lowest BCUT2D eigenvalue weighted by Crippen LogP contribution is -2.34. The maximum atomic E-state index is 12.3. The lowest BCUT2D eigenvalue weighted by molar-refractivity contribution is 0.190. The molecule has 1 fully saturated rings. The zero-order valence-electron chi connectivity index (χ0n) is 12.8. The molecule has 0 saturated carbocycles. The van der Waals surface area contributed by atoms with E-state index in [0.717, 1.165) is 0 Å². The lowest BCUT2D eigenvalue weighted by atomic mass is 10.3. The molecule has 1 aliphatic rings. The number of carbonyl (C=O) groups excluding carboxylic acids is 1. The minimum atomic E-state index is -0.179.